The molecule has 1 unspecified atom stereocenters. The molecule has 1 heterocycles. The molecule has 1 amide bonds. The highest BCUT2D eigenvalue weighted by Crippen LogP contribution is 2.34. The Labute approximate surface area is 214 Å². The fraction of sp³-hybridized carbons (Fsp3) is 0.667. The van der Waals surface area contributed by atoms with Crippen molar-refractivity contribution in [2.24, 2.45) is 10.9 Å². The first-order valence-electron chi connectivity index (χ1n) is 11.7. The molecule has 1 aliphatic carbocycles. The van der Waals surface area contributed by atoms with E-state index in [2.05, 4.69) is 17.6 Å². The quantitative estimate of drug-likeness (QED) is 0.268. The fourth-order valence-electron chi connectivity index (χ4n) is 4.63. The van der Waals surface area contributed by atoms with Crippen molar-refractivity contribution in [3.63, 3.8) is 0 Å². The van der Waals surface area contributed by atoms with Gasteiger partial charge in [0.25, 0.3) is 0 Å². The highest BCUT2D eigenvalue weighted by molar-refractivity contribution is 14.0. The van der Waals surface area contributed by atoms with E-state index in [1.807, 2.05) is 17.0 Å². The van der Waals surface area contributed by atoms with Crippen molar-refractivity contribution in [3.8, 4) is 17.2 Å². The number of guanidine groups is 1. The van der Waals surface area contributed by atoms with Crippen molar-refractivity contribution in [3.05, 3.63) is 17.7 Å². The average molecular weight is 575 g/mol. The second kappa shape index (κ2) is 13.7. The number of carbonyl (C=O) groups excluding carboxylic acids is 1. The monoisotopic (exact) mass is 574 g/mol. The average Bonchev–Trinajstić information content (AvgIpc) is 3.51. The molecular weight excluding hydrogens is 535 g/mol. The van der Waals surface area contributed by atoms with Crippen LogP contribution in [0.4, 0.5) is 0 Å². The Morgan fingerprint density at radius 3 is 2.33 bits per heavy atom. The third-order valence-corrected chi connectivity index (χ3v) is 6.34. The number of halogens is 1. The highest BCUT2D eigenvalue weighted by atomic mass is 127. The van der Waals surface area contributed by atoms with Crippen LogP contribution in [0.25, 0.3) is 0 Å². The Hall–Kier alpha value is -1.91. The van der Waals surface area contributed by atoms with Gasteiger partial charge in [0, 0.05) is 55.8 Å². The fourth-order valence-corrected chi connectivity index (χ4v) is 4.63. The van der Waals surface area contributed by atoms with Gasteiger partial charge in [0.1, 0.15) is 17.2 Å². The Balaban J connectivity index is 0.00000385. The number of benzene rings is 1. The van der Waals surface area contributed by atoms with Gasteiger partial charge < -0.3 is 29.7 Å². The summed E-state index contributed by atoms with van der Waals surface area (Å²) >= 11 is 0. The maximum atomic E-state index is 12.7. The topological polar surface area (TPSA) is 84.4 Å². The first-order chi connectivity index (χ1) is 15.6. The molecular formula is C24H39IN4O4. The molecule has 9 heteroatoms. The first-order valence-corrected chi connectivity index (χ1v) is 11.7. The summed E-state index contributed by atoms with van der Waals surface area (Å²) < 4.78 is 16.4. The summed E-state index contributed by atoms with van der Waals surface area (Å²) in [6.07, 6.45) is 6.10. The minimum atomic E-state index is 0. The van der Waals surface area contributed by atoms with Crippen LogP contribution in [-0.2, 0) is 11.2 Å². The molecule has 1 aliphatic heterocycles. The van der Waals surface area contributed by atoms with E-state index in [1.165, 1.54) is 12.8 Å². The van der Waals surface area contributed by atoms with E-state index in [0.29, 0.717) is 24.6 Å². The molecule has 2 aliphatic rings. The summed E-state index contributed by atoms with van der Waals surface area (Å²) in [6, 6.07) is 3.95. The minimum absolute atomic E-state index is 0. The van der Waals surface area contributed by atoms with Crippen molar-refractivity contribution in [1.82, 2.24) is 15.5 Å². The van der Waals surface area contributed by atoms with Crippen LogP contribution in [0.1, 0.15) is 44.6 Å². The first kappa shape index (κ1) is 27.3. The zero-order valence-corrected chi connectivity index (χ0v) is 22.6. The Morgan fingerprint density at radius 1 is 1.09 bits per heavy atom. The third kappa shape index (κ3) is 7.28. The summed E-state index contributed by atoms with van der Waals surface area (Å²) in [5.41, 5.74) is 0.963. The summed E-state index contributed by atoms with van der Waals surface area (Å²) in [5.74, 6) is 3.51. The summed E-state index contributed by atoms with van der Waals surface area (Å²) in [7, 11) is 4.91. The van der Waals surface area contributed by atoms with Gasteiger partial charge in [0.05, 0.1) is 21.3 Å². The molecule has 186 valence electrons. The van der Waals surface area contributed by atoms with Crippen LogP contribution in [0, 0.1) is 5.92 Å². The van der Waals surface area contributed by atoms with E-state index in [-0.39, 0.29) is 35.9 Å². The largest absolute Gasteiger partial charge is 0.496 e. The van der Waals surface area contributed by atoms with Crippen molar-refractivity contribution in [2.75, 3.05) is 47.5 Å². The number of carbonyl (C=O) groups is 1. The van der Waals surface area contributed by atoms with Crippen molar-refractivity contribution in [2.45, 2.75) is 51.5 Å². The highest BCUT2D eigenvalue weighted by Gasteiger charge is 2.32. The number of rotatable bonds is 9. The maximum absolute atomic E-state index is 12.7. The zero-order valence-electron chi connectivity index (χ0n) is 20.3. The van der Waals surface area contributed by atoms with Crippen LogP contribution in [0.3, 0.4) is 0 Å². The van der Waals surface area contributed by atoms with E-state index >= 15 is 0 Å². The molecule has 1 atom stereocenters. The van der Waals surface area contributed by atoms with Crippen molar-refractivity contribution >= 4 is 35.8 Å². The normalized spacial score (nSPS) is 18.6. The Kier molecular flexibility index (Phi) is 11.4. The molecule has 0 aromatic heterocycles. The zero-order chi connectivity index (χ0) is 22.9. The lowest BCUT2D eigenvalue weighted by Crippen LogP contribution is -2.45. The predicted molar refractivity (Wildman–Crippen MR) is 141 cm³/mol. The molecule has 2 N–H and O–H groups in total. The molecule has 33 heavy (non-hydrogen) atoms. The number of likely N-dealkylation sites (tertiary alicyclic amines) is 1. The van der Waals surface area contributed by atoms with Gasteiger partial charge in [-0.25, -0.2) is 0 Å². The van der Waals surface area contributed by atoms with Gasteiger partial charge in [-0.15, -0.1) is 24.0 Å². The second-order valence-electron chi connectivity index (χ2n) is 8.42. The Morgan fingerprint density at radius 2 is 1.76 bits per heavy atom. The molecule has 8 nitrogen and oxygen atoms in total. The van der Waals surface area contributed by atoms with Crippen LogP contribution < -0.4 is 24.8 Å². The lowest BCUT2D eigenvalue weighted by atomic mass is 10.1. The number of nitrogens with one attached hydrogen (secondary N) is 2. The van der Waals surface area contributed by atoms with Crippen molar-refractivity contribution in [1.29, 1.82) is 0 Å². The number of nitrogens with zero attached hydrogens (tertiary/aromatic N) is 2. The molecule has 1 saturated carbocycles. The van der Waals surface area contributed by atoms with E-state index in [4.69, 9.17) is 19.2 Å². The minimum Gasteiger partial charge on any atom is -0.496 e. The molecule has 0 spiro atoms. The SMILES string of the molecule is CCNC(=NCCc1c(OC)cc(OC)cc1OC)NC1CCN(C(=O)C2CCCC2)C1.I. The molecule has 0 radical (unpaired) electrons. The van der Waals surface area contributed by atoms with Gasteiger partial charge in [-0.3, -0.25) is 9.79 Å². The van der Waals surface area contributed by atoms with E-state index in [9.17, 15) is 4.79 Å². The van der Waals surface area contributed by atoms with Gasteiger partial charge in [-0.1, -0.05) is 12.8 Å². The predicted octanol–water partition coefficient (Wildman–Crippen LogP) is 3.22. The molecule has 0 bridgehead atoms. The van der Waals surface area contributed by atoms with Crippen LogP contribution >= 0.6 is 24.0 Å². The van der Waals surface area contributed by atoms with Crippen LogP contribution in [0.5, 0.6) is 17.2 Å². The number of ether oxygens (including phenoxy) is 3. The Bertz CT molecular complexity index is 774. The van der Waals surface area contributed by atoms with Crippen molar-refractivity contribution < 1.29 is 19.0 Å². The number of hydrogen-bond donors (Lipinski definition) is 2. The number of hydrogen-bond acceptors (Lipinski definition) is 5. The standard InChI is InChI=1S/C24H38N4O4.HI/c1-5-25-24(27-18-11-13-28(16-18)23(29)17-8-6-7-9-17)26-12-10-20-21(31-3)14-19(30-2)15-22(20)32-4;/h14-15,17-18H,5-13,16H2,1-4H3,(H2,25,26,27);1H. The third-order valence-electron chi connectivity index (χ3n) is 6.34. The van der Waals surface area contributed by atoms with Crippen LogP contribution in [-0.4, -0.2) is 70.3 Å². The summed E-state index contributed by atoms with van der Waals surface area (Å²) in [5, 5.41) is 6.84. The molecule has 1 aromatic rings. The van der Waals surface area contributed by atoms with Crippen LogP contribution in [0.2, 0.25) is 0 Å². The van der Waals surface area contributed by atoms with E-state index in [1.54, 1.807) is 21.3 Å². The summed E-state index contributed by atoms with van der Waals surface area (Å²) in [4.78, 5) is 19.5. The smallest absolute Gasteiger partial charge is 0.225 e. The number of methoxy groups -OCH3 is 3. The van der Waals surface area contributed by atoms with E-state index in [0.717, 1.165) is 61.9 Å². The molecule has 3 rings (SSSR count). The second-order valence-corrected chi connectivity index (χ2v) is 8.42. The van der Waals surface area contributed by atoms with E-state index < -0.39 is 0 Å². The molecule has 1 aromatic carbocycles. The molecule has 1 saturated heterocycles. The number of amides is 1. The van der Waals surface area contributed by atoms with Gasteiger partial charge in [0.15, 0.2) is 5.96 Å². The number of aliphatic imine (C=N–C) groups is 1. The molecule has 2 fully saturated rings. The van der Waals surface area contributed by atoms with Crippen LogP contribution in [0.15, 0.2) is 17.1 Å². The van der Waals surface area contributed by atoms with Gasteiger partial charge >= 0.3 is 0 Å². The van der Waals surface area contributed by atoms with Gasteiger partial charge in [-0.05, 0) is 32.6 Å². The maximum Gasteiger partial charge on any atom is 0.225 e. The lowest BCUT2D eigenvalue weighted by Gasteiger charge is -2.21. The van der Waals surface area contributed by atoms with Gasteiger partial charge in [-0.2, -0.15) is 0 Å². The van der Waals surface area contributed by atoms with Gasteiger partial charge in [0.2, 0.25) is 5.91 Å². The summed E-state index contributed by atoms with van der Waals surface area (Å²) in [6.45, 7) is 4.98. The lowest BCUT2D eigenvalue weighted by molar-refractivity contribution is -0.134.